The van der Waals surface area contributed by atoms with Crippen LogP contribution in [0.5, 0.6) is 0 Å². The summed E-state index contributed by atoms with van der Waals surface area (Å²) in [7, 11) is 0. The first-order valence-electron chi connectivity index (χ1n) is 6.14. The number of imidazole rings is 1. The zero-order valence-electron chi connectivity index (χ0n) is 10.9. The fraction of sp³-hybridized carbons (Fsp3) is 0.385. The van der Waals surface area contributed by atoms with Crippen LogP contribution in [-0.2, 0) is 11.3 Å². The summed E-state index contributed by atoms with van der Waals surface area (Å²) in [6.07, 6.45) is 1.42. The van der Waals surface area contributed by atoms with Crippen molar-refractivity contribution >= 4 is 16.9 Å². The number of carbonyl (C=O) groups excluding carboxylic acids is 1. The van der Waals surface area contributed by atoms with Gasteiger partial charge in [-0.2, -0.15) is 0 Å². The number of hydrogen-bond acceptors (Lipinski definition) is 2. The Morgan fingerprint density at radius 1 is 1.26 bits per heavy atom. The van der Waals surface area contributed by atoms with Crippen molar-refractivity contribution in [2.75, 3.05) is 13.1 Å². The van der Waals surface area contributed by atoms with Gasteiger partial charge in [0, 0.05) is 25.2 Å². The molecule has 0 atom stereocenters. The van der Waals surface area contributed by atoms with Gasteiger partial charge >= 0.3 is 0 Å². The van der Waals surface area contributed by atoms with Crippen LogP contribution in [0.3, 0.4) is 0 Å². The van der Waals surface area contributed by atoms with Crippen LogP contribution in [0, 0.1) is 11.6 Å². The van der Waals surface area contributed by atoms with E-state index in [9.17, 15) is 13.6 Å². The lowest BCUT2D eigenvalue weighted by Gasteiger charge is -2.18. The number of carbonyl (C=O) groups is 1. The minimum absolute atomic E-state index is 0.0727. The molecule has 1 amide bonds. The Hall–Kier alpha value is -1.98. The summed E-state index contributed by atoms with van der Waals surface area (Å²) < 4.78 is 27.8. The zero-order chi connectivity index (χ0) is 14.0. The fourth-order valence-electron chi connectivity index (χ4n) is 2.00. The summed E-state index contributed by atoms with van der Waals surface area (Å²) in [4.78, 5) is 17.6. The molecule has 2 aromatic rings. The molecule has 0 radical (unpaired) electrons. The number of hydrogen-bond donors (Lipinski definition) is 0. The van der Waals surface area contributed by atoms with Gasteiger partial charge in [-0.05, 0) is 13.8 Å². The van der Waals surface area contributed by atoms with Crippen molar-refractivity contribution in [1.29, 1.82) is 0 Å². The lowest BCUT2D eigenvalue weighted by atomic mass is 10.3. The van der Waals surface area contributed by atoms with Crippen LogP contribution in [0.25, 0.3) is 11.0 Å². The van der Waals surface area contributed by atoms with Crippen molar-refractivity contribution in [3.63, 3.8) is 0 Å². The largest absolute Gasteiger partial charge is 0.342 e. The molecule has 0 aliphatic heterocycles. The van der Waals surface area contributed by atoms with Gasteiger partial charge in [0.2, 0.25) is 5.91 Å². The molecule has 0 saturated heterocycles. The summed E-state index contributed by atoms with van der Waals surface area (Å²) in [5, 5.41) is 0. The molecule has 0 saturated carbocycles. The van der Waals surface area contributed by atoms with E-state index in [0.29, 0.717) is 24.1 Å². The number of aromatic nitrogens is 2. The first kappa shape index (κ1) is 13.5. The zero-order valence-corrected chi connectivity index (χ0v) is 10.9. The molecule has 0 spiro atoms. The number of fused-ring (bicyclic) bond motifs is 1. The van der Waals surface area contributed by atoms with E-state index in [2.05, 4.69) is 4.98 Å². The van der Waals surface area contributed by atoms with E-state index in [1.54, 1.807) is 4.90 Å². The molecular formula is C13H15F2N3O. The molecule has 0 bridgehead atoms. The van der Waals surface area contributed by atoms with Crippen LogP contribution in [-0.4, -0.2) is 33.4 Å². The van der Waals surface area contributed by atoms with E-state index in [1.165, 1.54) is 10.9 Å². The molecular weight excluding hydrogens is 252 g/mol. The first-order valence-corrected chi connectivity index (χ1v) is 6.14. The minimum atomic E-state index is -0.940. The molecule has 2 rings (SSSR count). The van der Waals surface area contributed by atoms with Gasteiger partial charge in [0.15, 0.2) is 11.6 Å². The second-order valence-corrected chi connectivity index (χ2v) is 4.19. The van der Waals surface area contributed by atoms with Gasteiger partial charge in [0.05, 0.1) is 17.4 Å². The second-order valence-electron chi connectivity index (χ2n) is 4.19. The summed E-state index contributed by atoms with van der Waals surface area (Å²) >= 11 is 0. The molecule has 1 heterocycles. The summed E-state index contributed by atoms with van der Waals surface area (Å²) in [6, 6.07) is 2.09. The maximum absolute atomic E-state index is 13.2. The molecule has 19 heavy (non-hydrogen) atoms. The predicted octanol–water partition coefficient (Wildman–Crippen LogP) is 2.18. The SMILES string of the molecule is CCN(CC)C(=O)Cn1cnc2cc(F)c(F)cc21. The Labute approximate surface area is 109 Å². The topological polar surface area (TPSA) is 38.1 Å². The van der Waals surface area contributed by atoms with E-state index in [-0.39, 0.29) is 12.5 Å². The third-order valence-corrected chi connectivity index (χ3v) is 3.08. The van der Waals surface area contributed by atoms with Crippen molar-refractivity contribution in [1.82, 2.24) is 14.5 Å². The highest BCUT2D eigenvalue weighted by atomic mass is 19.2. The van der Waals surface area contributed by atoms with Gasteiger partial charge in [0.25, 0.3) is 0 Å². The molecule has 6 heteroatoms. The van der Waals surface area contributed by atoms with Crippen LogP contribution in [0.15, 0.2) is 18.5 Å². The lowest BCUT2D eigenvalue weighted by molar-refractivity contribution is -0.131. The number of amides is 1. The molecule has 4 nitrogen and oxygen atoms in total. The van der Waals surface area contributed by atoms with Crippen LogP contribution in [0.1, 0.15) is 13.8 Å². The molecule has 0 aliphatic carbocycles. The standard InChI is InChI=1S/C13H15F2N3O/c1-3-17(4-2)13(19)7-18-8-16-11-5-9(14)10(15)6-12(11)18/h5-6,8H,3-4,7H2,1-2H3. The normalized spacial score (nSPS) is 10.9. The van der Waals surface area contributed by atoms with E-state index >= 15 is 0 Å². The second kappa shape index (κ2) is 5.34. The maximum Gasteiger partial charge on any atom is 0.242 e. The monoisotopic (exact) mass is 267 g/mol. The van der Waals surface area contributed by atoms with E-state index in [1.807, 2.05) is 13.8 Å². The van der Waals surface area contributed by atoms with Gasteiger partial charge in [0.1, 0.15) is 6.54 Å². The number of nitrogens with zero attached hydrogens (tertiary/aromatic N) is 3. The molecule has 0 unspecified atom stereocenters. The molecule has 0 fully saturated rings. The Morgan fingerprint density at radius 3 is 2.53 bits per heavy atom. The van der Waals surface area contributed by atoms with E-state index in [0.717, 1.165) is 12.1 Å². The van der Waals surface area contributed by atoms with Crippen LogP contribution in [0.4, 0.5) is 8.78 Å². The van der Waals surface area contributed by atoms with Crippen LogP contribution in [0.2, 0.25) is 0 Å². The predicted molar refractivity (Wildman–Crippen MR) is 67.6 cm³/mol. The molecule has 0 N–H and O–H groups in total. The van der Waals surface area contributed by atoms with Crippen molar-refractivity contribution < 1.29 is 13.6 Å². The Kier molecular flexibility index (Phi) is 3.78. The quantitative estimate of drug-likeness (QED) is 0.851. The fourth-order valence-corrected chi connectivity index (χ4v) is 2.00. The van der Waals surface area contributed by atoms with Gasteiger partial charge in [-0.15, -0.1) is 0 Å². The van der Waals surface area contributed by atoms with Gasteiger partial charge in [-0.1, -0.05) is 0 Å². The third-order valence-electron chi connectivity index (χ3n) is 3.08. The lowest BCUT2D eigenvalue weighted by Crippen LogP contribution is -2.33. The highest BCUT2D eigenvalue weighted by molar-refractivity contribution is 5.80. The van der Waals surface area contributed by atoms with E-state index < -0.39 is 11.6 Å². The average Bonchev–Trinajstić information content (AvgIpc) is 2.74. The molecule has 1 aromatic heterocycles. The van der Waals surface area contributed by atoms with Crippen molar-refractivity contribution in [2.45, 2.75) is 20.4 Å². The Bertz CT molecular complexity index is 605. The minimum Gasteiger partial charge on any atom is -0.342 e. The van der Waals surface area contributed by atoms with Gasteiger partial charge < -0.3 is 9.47 Å². The number of rotatable bonds is 4. The van der Waals surface area contributed by atoms with Crippen LogP contribution < -0.4 is 0 Å². The summed E-state index contributed by atoms with van der Waals surface area (Å²) in [6.45, 7) is 5.09. The third kappa shape index (κ3) is 2.57. The molecule has 1 aromatic carbocycles. The summed E-state index contributed by atoms with van der Waals surface area (Å²) in [5.41, 5.74) is 0.755. The number of halogens is 2. The highest BCUT2D eigenvalue weighted by Gasteiger charge is 2.14. The maximum atomic E-state index is 13.2. The van der Waals surface area contributed by atoms with Crippen molar-refractivity contribution in [3.8, 4) is 0 Å². The highest BCUT2D eigenvalue weighted by Crippen LogP contribution is 2.17. The van der Waals surface area contributed by atoms with Crippen molar-refractivity contribution in [2.24, 2.45) is 0 Å². The average molecular weight is 267 g/mol. The smallest absolute Gasteiger partial charge is 0.242 e. The van der Waals surface area contributed by atoms with Gasteiger partial charge in [-0.3, -0.25) is 4.79 Å². The van der Waals surface area contributed by atoms with Crippen LogP contribution >= 0.6 is 0 Å². The number of benzene rings is 1. The number of likely N-dealkylation sites (N-methyl/N-ethyl adjacent to an activating group) is 1. The van der Waals surface area contributed by atoms with Gasteiger partial charge in [-0.25, -0.2) is 13.8 Å². The molecule has 102 valence electrons. The summed E-state index contributed by atoms with van der Waals surface area (Å²) in [5.74, 6) is -1.95. The molecule has 0 aliphatic rings. The Morgan fingerprint density at radius 2 is 1.89 bits per heavy atom. The first-order chi connectivity index (χ1) is 9.06. The van der Waals surface area contributed by atoms with E-state index in [4.69, 9.17) is 0 Å². The Balaban J connectivity index is 2.31. The van der Waals surface area contributed by atoms with Crippen molar-refractivity contribution in [3.05, 3.63) is 30.1 Å².